The van der Waals surface area contributed by atoms with Crippen LogP contribution in [0.15, 0.2) is 11.8 Å². The smallest absolute Gasteiger partial charge is 0.241 e. The molecule has 0 aliphatic heterocycles. The van der Waals surface area contributed by atoms with Gasteiger partial charge in [-0.05, 0) is 57.7 Å². The van der Waals surface area contributed by atoms with Gasteiger partial charge in [0.1, 0.15) is 11.9 Å². The molecule has 0 saturated heterocycles. The number of hydrogen-bond donors (Lipinski definition) is 0. The second-order valence-electron chi connectivity index (χ2n) is 7.88. The molecule has 0 fully saturated rings. The van der Waals surface area contributed by atoms with Crippen LogP contribution in [0.25, 0.3) is 0 Å². The summed E-state index contributed by atoms with van der Waals surface area (Å²) in [6.07, 6.45) is 2.13. The van der Waals surface area contributed by atoms with E-state index in [9.17, 15) is 0 Å². The Morgan fingerprint density at radius 3 is 1.61 bits per heavy atom. The van der Waals surface area contributed by atoms with Crippen LogP contribution in [0.2, 0.25) is 39.3 Å². The zero-order chi connectivity index (χ0) is 14.8. The fourth-order valence-corrected chi connectivity index (χ4v) is 3.74. The summed E-state index contributed by atoms with van der Waals surface area (Å²) in [6, 6.07) is 0. The van der Waals surface area contributed by atoms with E-state index in [4.69, 9.17) is 8.85 Å². The molecule has 0 aromatic rings. The molecule has 0 unspecified atom stereocenters. The van der Waals surface area contributed by atoms with Crippen LogP contribution >= 0.6 is 0 Å². The summed E-state index contributed by atoms with van der Waals surface area (Å²) in [5, 5.41) is 0. The predicted octanol–water partition coefficient (Wildman–Crippen LogP) is 5.01. The average molecular weight is 289 g/mol. The van der Waals surface area contributed by atoms with Crippen molar-refractivity contribution in [3.05, 3.63) is 11.8 Å². The Morgan fingerprint density at radius 2 is 1.39 bits per heavy atom. The van der Waals surface area contributed by atoms with Gasteiger partial charge in [-0.3, -0.25) is 0 Å². The van der Waals surface area contributed by atoms with Gasteiger partial charge in [0, 0.05) is 0 Å². The molecule has 108 valence electrons. The van der Waals surface area contributed by atoms with Crippen LogP contribution in [-0.2, 0) is 8.85 Å². The second-order valence-corrected chi connectivity index (χ2v) is 16.8. The van der Waals surface area contributed by atoms with Crippen LogP contribution < -0.4 is 0 Å². The fraction of sp³-hybridized carbons (Fsp3) is 0.857. The highest BCUT2D eigenvalue weighted by molar-refractivity contribution is 6.70. The lowest BCUT2D eigenvalue weighted by Crippen LogP contribution is -2.43. The SMILES string of the molecule is C/C=C(\O[Si](C)(C)C)[C@@H](O[Si](C)(C)C)C(C)(C)C. The highest BCUT2D eigenvalue weighted by atomic mass is 28.4. The van der Waals surface area contributed by atoms with Crippen LogP contribution in [0, 0.1) is 5.41 Å². The molecule has 4 heteroatoms. The van der Waals surface area contributed by atoms with E-state index in [1.165, 1.54) is 0 Å². The van der Waals surface area contributed by atoms with Crippen molar-refractivity contribution in [1.82, 2.24) is 0 Å². The molecule has 0 aromatic carbocycles. The van der Waals surface area contributed by atoms with Gasteiger partial charge in [0.25, 0.3) is 0 Å². The zero-order valence-corrected chi connectivity index (χ0v) is 16.0. The van der Waals surface area contributed by atoms with E-state index in [1.54, 1.807) is 0 Å². The molecule has 0 heterocycles. The Kier molecular flexibility index (Phi) is 5.90. The Morgan fingerprint density at radius 1 is 0.944 bits per heavy atom. The maximum atomic E-state index is 6.37. The first kappa shape index (κ1) is 17.9. The van der Waals surface area contributed by atoms with Crippen molar-refractivity contribution >= 4 is 16.6 Å². The first-order chi connectivity index (χ1) is 7.76. The molecule has 1 atom stereocenters. The van der Waals surface area contributed by atoms with Crippen molar-refractivity contribution in [3.8, 4) is 0 Å². The van der Waals surface area contributed by atoms with E-state index in [2.05, 4.69) is 66.1 Å². The summed E-state index contributed by atoms with van der Waals surface area (Å²) in [7, 11) is -3.18. The molecule has 0 aliphatic carbocycles. The van der Waals surface area contributed by atoms with Gasteiger partial charge in [0.2, 0.25) is 8.32 Å². The minimum Gasteiger partial charge on any atom is -0.546 e. The highest BCUT2D eigenvalue weighted by Crippen LogP contribution is 2.32. The van der Waals surface area contributed by atoms with Crippen LogP contribution in [0.5, 0.6) is 0 Å². The minimum absolute atomic E-state index is 0.0564. The van der Waals surface area contributed by atoms with E-state index < -0.39 is 16.6 Å². The zero-order valence-electron chi connectivity index (χ0n) is 14.0. The van der Waals surface area contributed by atoms with Crippen LogP contribution in [-0.4, -0.2) is 22.7 Å². The summed E-state index contributed by atoms with van der Waals surface area (Å²) in [4.78, 5) is 0. The van der Waals surface area contributed by atoms with Crippen molar-refractivity contribution in [2.75, 3.05) is 0 Å². The maximum Gasteiger partial charge on any atom is 0.241 e. The van der Waals surface area contributed by atoms with E-state index in [0.29, 0.717) is 0 Å². The molecule has 0 bridgehead atoms. The van der Waals surface area contributed by atoms with Gasteiger partial charge in [-0.1, -0.05) is 20.8 Å². The lowest BCUT2D eigenvalue weighted by molar-refractivity contribution is 0.0759. The van der Waals surface area contributed by atoms with Gasteiger partial charge in [-0.2, -0.15) is 0 Å². The summed E-state index contributed by atoms with van der Waals surface area (Å²) < 4.78 is 12.6. The van der Waals surface area contributed by atoms with Crippen molar-refractivity contribution in [1.29, 1.82) is 0 Å². The fourth-order valence-electron chi connectivity index (χ4n) is 1.63. The standard InChI is InChI=1S/C14H32O2Si2/c1-11-12(15-17(5,6)7)13(14(2,3)4)16-18(8,9)10/h11,13H,1-10H3/b12-11-/t13-/m1/s1. The molecule has 0 spiro atoms. The second kappa shape index (κ2) is 5.93. The maximum absolute atomic E-state index is 6.37. The van der Waals surface area contributed by atoms with Crippen LogP contribution in [0.4, 0.5) is 0 Å². The van der Waals surface area contributed by atoms with Gasteiger partial charge >= 0.3 is 0 Å². The summed E-state index contributed by atoms with van der Waals surface area (Å²) in [5.41, 5.74) is 0.0573. The molecule has 2 nitrogen and oxygen atoms in total. The Bertz CT molecular complexity index is 290. The molecule has 0 rings (SSSR count). The Labute approximate surface area is 116 Å². The topological polar surface area (TPSA) is 18.5 Å². The van der Waals surface area contributed by atoms with Crippen molar-refractivity contribution < 1.29 is 8.85 Å². The van der Waals surface area contributed by atoms with Gasteiger partial charge < -0.3 is 8.85 Å². The molecule has 0 radical (unpaired) electrons. The molecule has 0 N–H and O–H groups in total. The third-order valence-electron chi connectivity index (χ3n) is 2.22. The Hall–Kier alpha value is -0.0662. The monoisotopic (exact) mass is 288 g/mol. The van der Waals surface area contributed by atoms with Crippen LogP contribution in [0.1, 0.15) is 27.7 Å². The number of hydrogen-bond acceptors (Lipinski definition) is 2. The molecule has 18 heavy (non-hydrogen) atoms. The van der Waals surface area contributed by atoms with Gasteiger partial charge in [0.15, 0.2) is 8.32 Å². The lowest BCUT2D eigenvalue weighted by atomic mass is 9.88. The van der Waals surface area contributed by atoms with Gasteiger partial charge in [0.05, 0.1) is 0 Å². The average Bonchev–Trinajstić information content (AvgIpc) is 2.06. The number of rotatable bonds is 5. The minimum atomic E-state index is -1.59. The summed E-state index contributed by atoms with van der Waals surface area (Å²) in [5.74, 6) is 1.02. The molecule has 0 aliphatic rings. The third-order valence-corrected chi connectivity index (χ3v) is 4.02. The molecular weight excluding hydrogens is 256 g/mol. The molecule has 0 saturated carbocycles. The van der Waals surface area contributed by atoms with Crippen molar-refractivity contribution in [2.24, 2.45) is 5.41 Å². The normalized spacial score (nSPS) is 16.7. The predicted molar refractivity (Wildman–Crippen MR) is 85.9 cm³/mol. The Balaban J connectivity index is 5.19. The summed E-state index contributed by atoms with van der Waals surface area (Å²) in [6.45, 7) is 22.0. The van der Waals surface area contributed by atoms with Crippen molar-refractivity contribution in [3.63, 3.8) is 0 Å². The van der Waals surface area contributed by atoms with Gasteiger partial charge in [-0.25, -0.2) is 0 Å². The van der Waals surface area contributed by atoms with E-state index in [1.807, 2.05) is 6.92 Å². The largest absolute Gasteiger partial charge is 0.546 e. The van der Waals surface area contributed by atoms with Crippen molar-refractivity contribution in [2.45, 2.75) is 73.1 Å². The molecule has 0 amide bonds. The van der Waals surface area contributed by atoms with Crippen LogP contribution in [0.3, 0.4) is 0 Å². The molecular formula is C14H32O2Si2. The van der Waals surface area contributed by atoms with E-state index in [-0.39, 0.29) is 11.5 Å². The summed E-state index contributed by atoms with van der Waals surface area (Å²) >= 11 is 0. The van der Waals surface area contributed by atoms with E-state index in [0.717, 1.165) is 5.76 Å². The quantitative estimate of drug-likeness (QED) is 0.523. The highest BCUT2D eigenvalue weighted by Gasteiger charge is 2.35. The lowest BCUT2D eigenvalue weighted by Gasteiger charge is -2.39. The first-order valence-electron chi connectivity index (χ1n) is 6.79. The number of allylic oxidation sites excluding steroid dienone is 1. The molecule has 0 aromatic heterocycles. The third kappa shape index (κ3) is 7.39. The van der Waals surface area contributed by atoms with E-state index >= 15 is 0 Å². The van der Waals surface area contributed by atoms with Gasteiger partial charge in [-0.15, -0.1) is 0 Å². The first-order valence-corrected chi connectivity index (χ1v) is 13.6.